The Morgan fingerprint density at radius 3 is 2.06 bits per heavy atom. The molecule has 6 heteroatoms. The van der Waals surface area contributed by atoms with Crippen LogP contribution in [0.2, 0.25) is 0 Å². The molecule has 2 atom stereocenters. The molecule has 2 fully saturated rings. The Hall–Kier alpha value is -0.170. The van der Waals surface area contributed by atoms with E-state index in [0.717, 1.165) is 32.4 Å². The lowest BCUT2D eigenvalue weighted by Gasteiger charge is -2.41. The van der Waals surface area contributed by atoms with Crippen LogP contribution in [0, 0.1) is 0 Å². The van der Waals surface area contributed by atoms with Crippen molar-refractivity contribution in [2.75, 3.05) is 26.2 Å². The number of hydrogen-bond donors (Lipinski definition) is 1. The zero-order valence-electron chi connectivity index (χ0n) is 10.7. The van der Waals surface area contributed by atoms with E-state index in [4.69, 9.17) is 0 Å². The Bertz CT molecular complexity index is 342. The SMILES string of the molecule is CC1CNCC(C)N1S(=O)(=O)N1CCCCC1. The summed E-state index contributed by atoms with van der Waals surface area (Å²) < 4.78 is 28.5. The molecule has 1 N–H and O–H groups in total. The summed E-state index contributed by atoms with van der Waals surface area (Å²) in [4.78, 5) is 0. The van der Waals surface area contributed by atoms with Crippen molar-refractivity contribution in [1.82, 2.24) is 13.9 Å². The molecule has 2 heterocycles. The second kappa shape index (κ2) is 5.22. The van der Waals surface area contributed by atoms with Crippen molar-refractivity contribution in [2.45, 2.75) is 45.2 Å². The highest BCUT2D eigenvalue weighted by atomic mass is 32.2. The molecule has 0 aromatic rings. The maximum atomic E-state index is 12.6. The van der Waals surface area contributed by atoms with Crippen LogP contribution in [0.5, 0.6) is 0 Å². The molecule has 0 aromatic heterocycles. The van der Waals surface area contributed by atoms with Crippen molar-refractivity contribution in [3.05, 3.63) is 0 Å². The van der Waals surface area contributed by atoms with Crippen LogP contribution >= 0.6 is 0 Å². The predicted octanol–water partition coefficient (Wildman–Crippen LogP) is 0.399. The van der Waals surface area contributed by atoms with E-state index < -0.39 is 10.2 Å². The maximum absolute atomic E-state index is 12.6. The van der Waals surface area contributed by atoms with Gasteiger partial charge in [0, 0.05) is 38.3 Å². The van der Waals surface area contributed by atoms with Crippen LogP contribution < -0.4 is 5.32 Å². The average Bonchev–Trinajstić information content (AvgIpc) is 2.29. The zero-order chi connectivity index (χ0) is 12.5. The van der Waals surface area contributed by atoms with Gasteiger partial charge in [-0.25, -0.2) is 0 Å². The molecule has 2 aliphatic rings. The Morgan fingerprint density at radius 1 is 1.00 bits per heavy atom. The van der Waals surface area contributed by atoms with Crippen LogP contribution in [0.15, 0.2) is 0 Å². The van der Waals surface area contributed by atoms with Crippen molar-refractivity contribution >= 4 is 10.2 Å². The summed E-state index contributed by atoms with van der Waals surface area (Å²) in [6.07, 6.45) is 3.14. The van der Waals surface area contributed by atoms with Crippen LogP contribution in [-0.2, 0) is 10.2 Å². The number of nitrogens with zero attached hydrogens (tertiary/aromatic N) is 2. The Labute approximate surface area is 104 Å². The number of rotatable bonds is 2. The minimum atomic E-state index is -3.26. The van der Waals surface area contributed by atoms with E-state index in [9.17, 15) is 8.42 Å². The smallest absolute Gasteiger partial charge is 0.282 e. The fourth-order valence-corrected chi connectivity index (χ4v) is 4.84. The summed E-state index contributed by atoms with van der Waals surface area (Å²) in [5.74, 6) is 0. The molecular formula is C11H23N3O2S. The predicted molar refractivity (Wildman–Crippen MR) is 68.0 cm³/mol. The summed E-state index contributed by atoms with van der Waals surface area (Å²) >= 11 is 0. The topological polar surface area (TPSA) is 52.7 Å². The molecule has 2 aliphatic heterocycles. The number of hydrogen-bond acceptors (Lipinski definition) is 3. The Balaban J connectivity index is 2.17. The van der Waals surface area contributed by atoms with Crippen molar-refractivity contribution < 1.29 is 8.42 Å². The Morgan fingerprint density at radius 2 is 1.53 bits per heavy atom. The van der Waals surface area contributed by atoms with Crippen LogP contribution in [0.3, 0.4) is 0 Å². The maximum Gasteiger partial charge on any atom is 0.282 e. The van der Waals surface area contributed by atoms with Gasteiger partial charge in [-0.2, -0.15) is 17.0 Å². The quantitative estimate of drug-likeness (QED) is 0.783. The normalized spacial score (nSPS) is 33.8. The first-order chi connectivity index (χ1) is 8.03. The average molecular weight is 261 g/mol. The van der Waals surface area contributed by atoms with Gasteiger partial charge < -0.3 is 5.32 Å². The third kappa shape index (κ3) is 2.65. The first-order valence-electron chi connectivity index (χ1n) is 6.53. The molecule has 0 aliphatic carbocycles. The number of nitrogens with one attached hydrogen (secondary N) is 1. The van der Waals surface area contributed by atoms with E-state index in [1.54, 1.807) is 8.61 Å². The molecule has 2 rings (SSSR count). The molecule has 2 saturated heterocycles. The van der Waals surface area contributed by atoms with Crippen LogP contribution in [-0.4, -0.2) is 55.3 Å². The highest BCUT2D eigenvalue weighted by Gasteiger charge is 2.38. The number of piperidine rings is 1. The van der Waals surface area contributed by atoms with Gasteiger partial charge in [0.15, 0.2) is 0 Å². The summed E-state index contributed by atoms with van der Waals surface area (Å²) in [5.41, 5.74) is 0. The van der Waals surface area contributed by atoms with E-state index in [0.29, 0.717) is 13.1 Å². The van der Waals surface area contributed by atoms with Gasteiger partial charge in [-0.3, -0.25) is 0 Å². The first kappa shape index (κ1) is 13.3. The molecule has 17 heavy (non-hydrogen) atoms. The lowest BCUT2D eigenvalue weighted by molar-refractivity contribution is 0.197. The van der Waals surface area contributed by atoms with Crippen molar-refractivity contribution in [2.24, 2.45) is 0 Å². The minimum absolute atomic E-state index is 0.0469. The third-order valence-corrected chi connectivity index (χ3v) is 5.93. The van der Waals surface area contributed by atoms with Gasteiger partial charge >= 0.3 is 0 Å². The van der Waals surface area contributed by atoms with Crippen LogP contribution in [0.4, 0.5) is 0 Å². The van der Waals surface area contributed by atoms with Crippen molar-refractivity contribution in [3.63, 3.8) is 0 Å². The van der Waals surface area contributed by atoms with E-state index in [1.807, 2.05) is 13.8 Å². The molecule has 0 bridgehead atoms. The van der Waals surface area contributed by atoms with Gasteiger partial charge in [-0.15, -0.1) is 0 Å². The van der Waals surface area contributed by atoms with Crippen LogP contribution in [0.25, 0.3) is 0 Å². The summed E-state index contributed by atoms with van der Waals surface area (Å²) in [5, 5.41) is 3.26. The molecule has 0 radical (unpaired) electrons. The molecular weight excluding hydrogens is 238 g/mol. The first-order valence-corrected chi connectivity index (χ1v) is 7.92. The standard InChI is InChI=1S/C11H23N3O2S/c1-10-8-12-9-11(2)14(10)17(15,16)13-6-4-3-5-7-13/h10-12H,3-9H2,1-2H3. The van der Waals surface area contributed by atoms with Crippen LogP contribution in [0.1, 0.15) is 33.1 Å². The van der Waals surface area contributed by atoms with Gasteiger partial charge in [0.05, 0.1) is 0 Å². The van der Waals surface area contributed by atoms with Gasteiger partial charge in [-0.05, 0) is 26.7 Å². The highest BCUT2D eigenvalue weighted by Crippen LogP contribution is 2.22. The third-order valence-electron chi connectivity index (χ3n) is 3.66. The van der Waals surface area contributed by atoms with Crippen molar-refractivity contribution in [1.29, 1.82) is 0 Å². The second-order valence-corrected chi connectivity index (χ2v) is 6.99. The van der Waals surface area contributed by atoms with Gasteiger partial charge in [0.25, 0.3) is 10.2 Å². The molecule has 0 spiro atoms. The highest BCUT2D eigenvalue weighted by molar-refractivity contribution is 7.86. The fraction of sp³-hybridized carbons (Fsp3) is 1.00. The molecule has 0 aromatic carbocycles. The molecule has 0 saturated carbocycles. The summed E-state index contributed by atoms with van der Waals surface area (Å²) in [7, 11) is -3.26. The van der Waals surface area contributed by atoms with E-state index in [-0.39, 0.29) is 12.1 Å². The fourth-order valence-electron chi connectivity index (χ4n) is 2.80. The zero-order valence-corrected chi connectivity index (χ0v) is 11.5. The second-order valence-electron chi connectivity index (χ2n) is 5.15. The summed E-state index contributed by atoms with van der Waals surface area (Å²) in [6, 6.07) is 0.0938. The molecule has 2 unspecified atom stereocenters. The monoisotopic (exact) mass is 261 g/mol. The number of piperazine rings is 1. The van der Waals surface area contributed by atoms with Gasteiger partial charge in [0.1, 0.15) is 0 Å². The molecule has 0 amide bonds. The van der Waals surface area contributed by atoms with Gasteiger partial charge in [0.2, 0.25) is 0 Å². The largest absolute Gasteiger partial charge is 0.314 e. The van der Waals surface area contributed by atoms with Gasteiger partial charge in [-0.1, -0.05) is 6.42 Å². The Kier molecular flexibility index (Phi) is 4.07. The van der Waals surface area contributed by atoms with E-state index in [1.165, 1.54) is 0 Å². The van der Waals surface area contributed by atoms with E-state index >= 15 is 0 Å². The van der Waals surface area contributed by atoms with Crippen molar-refractivity contribution in [3.8, 4) is 0 Å². The minimum Gasteiger partial charge on any atom is -0.314 e. The summed E-state index contributed by atoms with van der Waals surface area (Å²) in [6.45, 7) is 6.82. The molecule has 100 valence electrons. The van der Waals surface area contributed by atoms with E-state index in [2.05, 4.69) is 5.32 Å². The lowest BCUT2D eigenvalue weighted by atomic mass is 10.2. The molecule has 5 nitrogen and oxygen atoms in total. The lowest BCUT2D eigenvalue weighted by Crippen LogP contribution is -2.60.